The second kappa shape index (κ2) is 7.81. The van der Waals surface area contributed by atoms with Crippen LogP contribution in [0.3, 0.4) is 0 Å². The Hall–Kier alpha value is -1.85. The number of amides is 1. The van der Waals surface area contributed by atoms with Gasteiger partial charge in [-0.1, -0.05) is 32.1 Å². The average molecular weight is 293 g/mol. The van der Waals surface area contributed by atoms with Gasteiger partial charge in [-0.3, -0.25) is 9.48 Å². The minimum Gasteiger partial charge on any atom is -0.476 e. The number of hydrogen-bond donors (Lipinski definition) is 2. The Morgan fingerprint density at radius 1 is 1.24 bits per heavy atom. The minimum absolute atomic E-state index is 0.00965. The first-order chi connectivity index (χ1) is 10.1. The number of nitrogens with zero attached hydrogens (tertiary/aromatic N) is 2. The highest BCUT2D eigenvalue weighted by molar-refractivity contribution is 5.85. The van der Waals surface area contributed by atoms with Crippen molar-refractivity contribution in [1.82, 2.24) is 15.1 Å². The molecule has 21 heavy (non-hydrogen) atoms. The van der Waals surface area contributed by atoms with Crippen molar-refractivity contribution in [3.05, 3.63) is 18.0 Å². The monoisotopic (exact) mass is 293 g/mol. The molecule has 1 aromatic heterocycles. The maximum Gasteiger partial charge on any atom is 0.356 e. The van der Waals surface area contributed by atoms with Crippen LogP contribution in [0.5, 0.6) is 0 Å². The molecule has 0 aliphatic heterocycles. The quantitative estimate of drug-likeness (QED) is 0.871. The summed E-state index contributed by atoms with van der Waals surface area (Å²) in [5.74, 6) is -1.03. The fourth-order valence-electron chi connectivity index (χ4n) is 2.72. The molecule has 0 unspecified atom stereocenters. The number of aryl methyl sites for hydroxylation is 1. The zero-order chi connectivity index (χ0) is 15.1. The Morgan fingerprint density at radius 3 is 2.52 bits per heavy atom. The number of hydrogen-bond acceptors (Lipinski definition) is 3. The van der Waals surface area contributed by atoms with Gasteiger partial charge in [0.05, 0.1) is 0 Å². The van der Waals surface area contributed by atoms with Gasteiger partial charge in [-0.25, -0.2) is 4.79 Å². The van der Waals surface area contributed by atoms with E-state index in [4.69, 9.17) is 5.11 Å². The Kier molecular flexibility index (Phi) is 5.78. The second-order valence-electron chi connectivity index (χ2n) is 5.63. The number of carboxylic acids is 1. The molecule has 1 aromatic rings. The summed E-state index contributed by atoms with van der Waals surface area (Å²) in [6.07, 6.45) is 10.3. The molecule has 1 saturated carbocycles. The molecular formula is C15H23N3O3. The maximum absolute atomic E-state index is 12.0. The second-order valence-corrected chi connectivity index (χ2v) is 5.63. The highest BCUT2D eigenvalue weighted by Crippen LogP contribution is 2.17. The van der Waals surface area contributed by atoms with Gasteiger partial charge in [0, 0.05) is 25.2 Å². The molecule has 2 N–H and O–H groups in total. The van der Waals surface area contributed by atoms with Gasteiger partial charge in [-0.05, 0) is 18.9 Å². The normalized spacial score (nSPS) is 17.0. The van der Waals surface area contributed by atoms with Crippen molar-refractivity contribution in [1.29, 1.82) is 0 Å². The lowest BCUT2D eigenvalue weighted by molar-refractivity contribution is -0.122. The number of carbonyl (C=O) groups excluding carboxylic acids is 1. The fraction of sp³-hybridized carbons (Fsp3) is 0.667. The fourth-order valence-corrected chi connectivity index (χ4v) is 2.72. The van der Waals surface area contributed by atoms with E-state index in [0.717, 1.165) is 12.8 Å². The van der Waals surface area contributed by atoms with Crippen LogP contribution in [-0.2, 0) is 11.3 Å². The summed E-state index contributed by atoms with van der Waals surface area (Å²) >= 11 is 0. The largest absolute Gasteiger partial charge is 0.476 e. The number of carboxylic acid groups (broad SMARTS) is 1. The van der Waals surface area contributed by atoms with Gasteiger partial charge in [-0.2, -0.15) is 5.10 Å². The lowest BCUT2D eigenvalue weighted by Crippen LogP contribution is -2.35. The van der Waals surface area contributed by atoms with E-state index >= 15 is 0 Å². The molecule has 6 nitrogen and oxygen atoms in total. The number of rotatable bonds is 5. The third-order valence-corrected chi connectivity index (χ3v) is 3.90. The first-order valence-corrected chi connectivity index (χ1v) is 7.71. The predicted octanol–water partition coefficient (Wildman–Crippen LogP) is 2.20. The first-order valence-electron chi connectivity index (χ1n) is 7.71. The van der Waals surface area contributed by atoms with Crippen LogP contribution < -0.4 is 5.32 Å². The summed E-state index contributed by atoms with van der Waals surface area (Å²) in [7, 11) is 0. The van der Waals surface area contributed by atoms with Crippen molar-refractivity contribution in [2.24, 2.45) is 0 Å². The van der Waals surface area contributed by atoms with E-state index in [1.54, 1.807) is 6.20 Å². The third-order valence-electron chi connectivity index (χ3n) is 3.90. The first kappa shape index (κ1) is 15.5. The van der Waals surface area contributed by atoms with Crippen molar-refractivity contribution < 1.29 is 14.7 Å². The van der Waals surface area contributed by atoms with Crippen LogP contribution >= 0.6 is 0 Å². The average Bonchev–Trinajstić information content (AvgIpc) is 2.88. The molecule has 6 heteroatoms. The molecule has 0 spiro atoms. The summed E-state index contributed by atoms with van der Waals surface area (Å²) in [5.41, 5.74) is 0.00965. The molecule has 2 rings (SSSR count). The number of nitrogens with one attached hydrogen (secondary N) is 1. The summed E-state index contributed by atoms with van der Waals surface area (Å²) < 4.78 is 1.50. The summed E-state index contributed by atoms with van der Waals surface area (Å²) in [4.78, 5) is 22.7. The molecule has 0 bridgehead atoms. The van der Waals surface area contributed by atoms with Crippen LogP contribution in [0, 0.1) is 0 Å². The Bertz CT molecular complexity index is 476. The van der Waals surface area contributed by atoms with E-state index in [2.05, 4.69) is 10.4 Å². The Balaban J connectivity index is 1.74. The van der Waals surface area contributed by atoms with E-state index in [9.17, 15) is 9.59 Å². The molecule has 0 atom stereocenters. The highest BCUT2D eigenvalue weighted by Gasteiger charge is 2.14. The highest BCUT2D eigenvalue weighted by atomic mass is 16.4. The Labute approximate surface area is 124 Å². The zero-order valence-electron chi connectivity index (χ0n) is 12.3. The molecule has 0 radical (unpaired) electrons. The standard InChI is InChI=1S/C15H23N3O3/c19-14(16-12-6-4-2-1-3-5-7-12)9-11-18-10-8-13(17-18)15(20)21/h8,10,12H,1-7,9,11H2,(H,16,19)(H,20,21). The number of aromatic nitrogens is 2. The lowest BCUT2D eigenvalue weighted by atomic mass is 9.96. The van der Waals surface area contributed by atoms with Crippen LogP contribution in [0.4, 0.5) is 0 Å². The molecule has 1 heterocycles. The molecule has 0 saturated heterocycles. The smallest absolute Gasteiger partial charge is 0.356 e. The van der Waals surface area contributed by atoms with E-state index in [-0.39, 0.29) is 11.6 Å². The molecular weight excluding hydrogens is 270 g/mol. The molecule has 1 amide bonds. The lowest BCUT2D eigenvalue weighted by Gasteiger charge is -2.21. The van der Waals surface area contributed by atoms with Gasteiger partial charge in [0.1, 0.15) is 0 Å². The van der Waals surface area contributed by atoms with E-state index in [0.29, 0.717) is 19.0 Å². The van der Waals surface area contributed by atoms with Crippen LogP contribution in [0.15, 0.2) is 12.3 Å². The van der Waals surface area contributed by atoms with E-state index in [1.807, 2.05) is 0 Å². The van der Waals surface area contributed by atoms with Crippen LogP contribution in [-0.4, -0.2) is 32.8 Å². The molecule has 1 fully saturated rings. The van der Waals surface area contributed by atoms with Gasteiger partial charge in [0.2, 0.25) is 5.91 Å². The van der Waals surface area contributed by atoms with Gasteiger partial charge < -0.3 is 10.4 Å². The maximum atomic E-state index is 12.0. The topological polar surface area (TPSA) is 84.2 Å². The van der Waals surface area contributed by atoms with Gasteiger partial charge in [0.15, 0.2) is 5.69 Å². The van der Waals surface area contributed by atoms with E-state index < -0.39 is 5.97 Å². The molecule has 1 aliphatic rings. The molecule has 116 valence electrons. The summed E-state index contributed by atoms with van der Waals surface area (Å²) in [6, 6.07) is 1.74. The van der Waals surface area contributed by atoms with Crippen molar-refractivity contribution in [3.8, 4) is 0 Å². The molecule has 0 aromatic carbocycles. The van der Waals surface area contributed by atoms with Crippen molar-refractivity contribution in [3.63, 3.8) is 0 Å². The van der Waals surface area contributed by atoms with Gasteiger partial charge in [0.25, 0.3) is 0 Å². The minimum atomic E-state index is -1.05. The van der Waals surface area contributed by atoms with Crippen LogP contribution in [0.25, 0.3) is 0 Å². The summed E-state index contributed by atoms with van der Waals surface area (Å²) in [5, 5.41) is 15.8. The van der Waals surface area contributed by atoms with Gasteiger partial charge in [-0.15, -0.1) is 0 Å². The molecule has 1 aliphatic carbocycles. The van der Waals surface area contributed by atoms with Crippen LogP contribution in [0.1, 0.15) is 61.9 Å². The van der Waals surface area contributed by atoms with Crippen LogP contribution in [0.2, 0.25) is 0 Å². The van der Waals surface area contributed by atoms with Crippen molar-refractivity contribution in [2.75, 3.05) is 0 Å². The zero-order valence-corrected chi connectivity index (χ0v) is 12.3. The Morgan fingerprint density at radius 2 is 1.90 bits per heavy atom. The SMILES string of the molecule is O=C(CCn1ccc(C(=O)O)n1)NC1CCCCCCC1. The number of carbonyl (C=O) groups is 2. The van der Waals surface area contributed by atoms with Crippen molar-refractivity contribution in [2.45, 2.75) is 64.0 Å². The van der Waals surface area contributed by atoms with Crippen molar-refractivity contribution >= 4 is 11.9 Å². The van der Waals surface area contributed by atoms with E-state index in [1.165, 1.54) is 42.9 Å². The number of aromatic carboxylic acids is 1. The third kappa shape index (κ3) is 5.21. The summed E-state index contributed by atoms with van der Waals surface area (Å²) in [6.45, 7) is 0.409. The predicted molar refractivity (Wildman–Crippen MR) is 78.1 cm³/mol. The van der Waals surface area contributed by atoms with Gasteiger partial charge >= 0.3 is 5.97 Å².